The van der Waals surface area contributed by atoms with Crippen molar-refractivity contribution in [2.24, 2.45) is 5.92 Å². The van der Waals surface area contributed by atoms with Gasteiger partial charge in [-0.1, -0.05) is 30.9 Å². The maximum atomic E-state index is 15.3. The number of halogens is 2. The van der Waals surface area contributed by atoms with Crippen molar-refractivity contribution in [3.8, 4) is 11.1 Å². The molecule has 0 radical (unpaired) electrons. The largest absolute Gasteiger partial charge is 0.618 e. The Kier molecular flexibility index (Phi) is 8.20. The average Bonchev–Trinajstić information content (AvgIpc) is 3.38. The van der Waals surface area contributed by atoms with Gasteiger partial charge in [0.15, 0.2) is 11.9 Å². The highest BCUT2D eigenvalue weighted by Gasteiger charge is 2.34. The van der Waals surface area contributed by atoms with E-state index in [4.69, 9.17) is 16.3 Å². The second-order valence-electron chi connectivity index (χ2n) is 11.5. The topological polar surface area (TPSA) is 103 Å². The van der Waals surface area contributed by atoms with Crippen LogP contribution in [0.1, 0.15) is 54.0 Å². The molecule has 3 aliphatic rings. The first kappa shape index (κ1) is 28.6. The standard InChI is InChI=1S/C31H35ClFN5O4/c1-19-28(25(32)11-12-38(19)41)24-9-7-21(15-26(24)33)34-31(40)29(20-5-3-2-4-6-20)35-30(39)27-10-8-22-16-36(13-14-37(22)27)23-17-42-18-23/h7-12,15,20,23,29H,2-6,13-14,16-18H2,1H3,(H,34,40)(H,35,39)/t29-/m0/s1. The fourth-order valence-electron chi connectivity index (χ4n) is 6.40. The number of fused-ring (bicyclic) bond motifs is 1. The number of hydrogen-bond donors (Lipinski definition) is 2. The number of hydrogen-bond acceptors (Lipinski definition) is 5. The second-order valence-corrected chi connectivity index (χ2v) is 11.9. The van der Waals surface area contributed by atoms with Crippen molar-refractivity contribution < 1.29 is 23.4 Å². The van der Waals surface area contributed by atoms with Gasteiger partial charge in [-0.15, -0.1) is 0 Å². The third kappa shape index (κ3) is 5.63. The summed E-state index contributed by atoms with van der Waals surface area (Å²) in [5, 5.41) is 18.2. The Morgan fingerprint density at radius 3 is 2.62 bits per heavy atom. The molecule has 0 bridgehead atoms. The number of rotatable bonds is 7. The molecule has 1 atom stereocenters. The van der Waals surface area contributed by atoms with Gasteiger partial charge in [0.2, 0.25) is 5.91 Å². The van der Waals surface area contributed by atoms with Gasteiger partial charge in [-0.25, -0.2) is 4.39 Å². The molecule has 2 fully saturated rings. The molecule has 0 spiro atoms. The Morgan fingerprint density at radius 1 is 1.12 bits per heavy atom. The number of nitrogens with one attached hydrogen (secondary N) is 2. The van der Waals surface area contributed by atoms with Gasteiger partial charge in [-0.05, 0) is 49.1 Å². The second kappa shape index (κ2) is 12.0. The number of aromatic nitrogens is 2. The van der Waals surface area contributed by atoms with E-state index in [1.807, 2.05) is 16.7 Å². The van der Waals surface area contributed by atoms with E-state index in [0.29, 0.717) is 28.6 Å². The first-order chi connectivity index (χ1) is 20.3. The van der Waals surface area contributed by atoms with Crippen LogP contribution >= 0.6 is 11.6 Å². The monoisotopic (exact) mass is 595 g/mol. The summed E-state index contributed by atoms with van der Waals surface area (Å²) >= 11 is 6.29. The Bertz CT molecular complexity index is 1500. The maximum Gasteiger partial charge on any atom is 0.268 e. The van der Waals surface area contributed by atoms with Gasteiger partial charge < -0.3 is 25.1 Å². The Labute approximate surface area is 249 Å². The highest BCUT2D eigenvalue weighted by atomic mass is 35.5. The van der Waals surface area contributed by atoms with E-state index < -0.39 is 11.9 Å². The lowest BCUT2D eigenvalue weighted by atomic mass is 9.83. The van der Waals surface area contributed by atoms with Crippen molar-refractivity contribution in [1.29, 1.82) is 0 Å². The molecule has 2 amide bonds. The molecule has 1 aliphatic carbocycles. The minimum absolute atomic E-state index is 0.0185. The predicted molar refractivity (Wildman–Crippen MR) is 156 cm³/mol. The van der Waals surface area contributed by atoms with Gasteiger partial charge >= 0.3 is 0 Å². The molecule has 9 nitrogen and oxygen atoms in total. The number of carbonyl (C=O) groups is 2. The van der Waals surface area contributed by atoms with Crippen molar-refractivity contribution >= 4 is 29.1 Å². The summed E-state index contributed by atoms with van der Waals surface area (Å²) in [4.78, 5) is 29.6. The van der Waals surface area contributed by atoms with Crippen molar-refractivity contribution in [1.82, 2.24) is 14.8 Å². The van der Waals surface area contributed by atoms with Crippen molar-refractivity contribution in [3.05, 3.63) is 75.7 Å². The molecule has 0 unspecified atom stereocenters. The van der Waals surface area contributed by atoms with Crippen molar-refractivity contribution in [3.63, 3.8) is 0 Å². The third-order valence-corrected chi connectivity index (χ3v) is 9.22. The van der Waals surface area contributed by atoms with E-state index in [-0.39, 0.29) is 39.7 Å². The van der Waals surface area contributed by atoms with Crippen LogP contribution < -0.4 is 15.4 Å². The molecule has 1 aromatic carbocycles. The summed E-state index contributed by atoms with van der Waals surface area (Å²) in [5.41, 5.74) is 2.62. The van der Waals surface area contributed by atoms with Crippen LogP contribution in [-0.4, -0.2) is 53.1 Å². The molecular formula is C31H35ClFN5O4. The number of benzene rings is 1. The SMILES string of the molecule is Cc1c(-c2ccc(NC(=O)[C@@H](NC(=O)c3ccc4n3CCN(C3COC3)C4)C3CCCCC3)cc2F)c(Cl)cc[n+]1[O-]. The summed E-state index contributed by atoms with van der Waals surface area (Å²) < 4.78 is 23.3. The zero-order valence-electron chi connectivity index (χ0n) is 23.6. The molecule has 42 heavy (non-hydrogen) atoms. The zero-order valence-corrected chi connectivity index (χ0v) is 24.3. The molecule has 3 aromatic rings. The number of ether oxygens (including phenoxy) is 1. The van der Waals surface area contributed by atoms with E-state index in [1.165, 1.54) is 24.4 Å². The van der Waals surface area contributed by atoms with E-state index in [2.05, 4.69) is 15.5 Å². The lowest BCUT2D eigenvalue weighted by molar-refractivity contribution is -0.611. The third-order valence-electron chi connectivity index (χ3n) is 8.90. The molecule has 6 rings (SSSR count). The zero-order chi connectivity index (χ0) is 29.4. The molecule has 1 saturated carbocycles. The van der Waals surface area contributed by atoms with Gasteiger partial charge in [-0.2, -0.15) is 4.73 Å². The van der Waals surface area contributed by atoms with Gasteiger partial charge in [0.05, 0.1) is 29.8 Å². The summed E-state index contributed by atoms with van der Waals surface area (Å²) in [7, 11) is 0. The van der Waals surface area contributed by atoms with Crippen LogP contribution in [0.25, 0.3) is 11.1 Å². The van der Waals surface area contributed by atoms with E-state index in [9.17, 15) is 14.8 Å². The number of anilines is 1. The minimum Gasteiger partial charge on any atom is -0.618 e. The van der Waals surface area contributed by atoms with Crippen LogP contribution in [0, 0.1) is 23.9 Å². The molecule has 2 N–H and O–H groups in total. The van der Waals surface area contributed by atoms with Crippen LogP contribution in [0.15, 0.2) is 42.6 Å². The number of nitrogens with zero attached hydrogens (tertiary/aromatic N) is 3. The fraction of sp³-hybridized carbons (Fsp3) is 0.452. The molecule has 4 heterocycles. The first-order valence-corrected chi connectivity index (χ1v) is 15.0. The Morgan fingerprint density at radius 2 is 1.90 bits per heavy atom. The van der Waals surface area contributed by atoms with E-state index >= 15 is 4.39 Å². The van der Waals surface area contributed by atoms with Gasteiger partial charge in [0.25, 0.3) is 5.91 Å². The van der Waals surface area contributed by atoms with E-state index in [0.717, 1.165) is 64.1 Å². The van der Waals surface area contributed by atoms with Crippen LogP contribution in [0.2, 0.25) is 5.02 Å². The molecule has 222 valence electrons. The van der Waals surface area contributed by atoms with Crippen molar-refractivity contribution in [2.75, 3.05) is 25.1 Å². The van der Waals surface area contributed by atoms with E-state index in [1.54, 1.807) is 13.0 Å². The van der Waals surface area contributed by atoms with Crippen molar-refractivity contribution in [2.45, 2.75) is 64.2 Å². The quantitative estimate of drug-likeness (QED) is 0.311. The fourth-order valence-corrected chi connectivity index (χ4v) is 6.70. The van der Waals surface area contributed by atoms with Crippen LogP contribution in [-0.2, 0) is 22.6 Å². The summed E-state index contributed by atoms with van der Waals surface area (Å²) in [6.45, 7) is 5.37. The first-order valence-electron chi connectivity index (χ1n) is 14.6. The van der Waals surface area contributed by atoms with Crippen LogP contribution in [0.4, 0.5) is 10.1 Å². The number of pyridine rings is 1. The number of carbonyl (C=O) groups excluding carboxylic acids is 2. The minimum atomic E-state index is -0.760. The Hall–Kier alpha value is -3.47. The van der Waals surface area contributed by atoms with Gasteiger partial charge in [0.1, 0.15) is 17.6 Å². The maximum absolute atomic E-state index is 15.3. The summed E-state index contributed by atoms with van der Waals surface area (Å²) in [5.74, 6) is -1.30. The van der Waals surface area contributed by atoms with Crippen LogP contribution in [0.3, 0.4) is 0 Å². The molecule has 2 aromatic heterocycles. The Balaban J connectivity index is 1.19. The average molecular weight is 596 g/mol. The lowest BCUT2D eigenvalue weighted by Gasteiger charge is -2.40. The molecule has 1 saturated heterocycles. The van der Waals surface area contributed by atoms with Crippen LogP contribution in [0.5, 0.6) is 0 Å². The normalized spacial score (nSPS) is 18.6. The molecule has 2 aliphatic heterocycles. The van der Waals surface area contributed by atoms with Gasteiger partial charge in [0, 0.05) is 49.6 Å². The smallest absolute Gasteiger partial charge is 0.268 e. The predicted octanol–water partition coefficient (Wildman–Crippen LogP) is 4.42. The summed E-state index contributed by atoms with van der Waals surface area (Å²) in [6, 6.07) is 9.20. The lowest BCUT2D eigenvalue weighted by Crippen LogP contribution is -2.52. The summed E-state index contributed by atoms with van der Waals surface area (Å²) in [6.07, 6.45) is 6.02. The highest BCUT2D eigenvalue weighted by molar-refractivity contribution is 6.33. The van der Waals surface area contributed by atoms with Gasteiger partial charge in [-0.3, -0.25) is 14.5 Å². The molecule has 11 heteroatoms. The molecular weight excluding hydrogens is 561 g/mol. The highest BCUT2D eigenvalue weighted by Crippen LogP contribution is 2.33. The number of amides is 2.